The largest absolute Gasteiger partial charge is 0.348 e. The number of hydrogen-bond donors (Lipinski definition) is 4. The molecular weight excluding hydrogens is 328 g/mol. The number of carbonyl (C=O) groups is 2. The Labute approximate surface area is 149 Å². The zero-order valence-corrected chi connectivity index (χ0v) is 15.2. The monoisotopic (exact) mass is 354 g/mol. The lowest BCUT2D eigenvalue weighted by atomic mass is 9.99. The molecule has 0 spiro atoms. The Kier molecular flexibility index (Phi) is 8.01. The highest BCUT2D eigenvalue weighted by atomic mass is 35.5. The maximum Gasteiger partial charge on any atom is 0.319 e. The number of hydrogen-bond acceptors (Lipinski definition) is 3. The number of halogens is 1. The Morgan fingerprint density at radius 3 is 2.46 bits per heavy atom. The van der Waals surface area contributed by atoms with Crippen LogP contribution in [0, 0.1) is 0 Å². The SMILES string of the molecule is CC(C)NC(=O)Nc1ccc(C(=O)NC2CCCNC2C)cc1.Cl. The van der Waals surface area contributed by atoms with Crippen LogP contribution in [-0.2, 0) is 0 Å². The van der Waals surface area contributed by atoms with Crippen molar-refractivity contribution in [1.29, 1.82) is 0 Å². The highest BCUT2D eigenvalue weighted by Crippen LogP contribution is 2.12. The van der Waals surface area contributed by atoms with E-state index in [4.69, 9.17) is 0 Å². The topological polar surface area (TPSA) is 82.3 Å². The molecule has 1 heterocycles. The molecule has 0 radical (unpaired) electrons. The zero-order valence-electron chi connectivity index (χ0n) is 14.4. The number of nitrogens with one attached hydrogen (secondary N) is 4. The molecular formula is C17H27ClN4O2. The third kappa shape index (κ3) is 6.02. The minimum absolute atomic E-state index is 0. The van der Waals surface area contributed by atoms with Crippen LogP contribution in [0.4, 0.5) is 10.5 Å². The molecule has 24 heavy (non-hydrogen) atoms. The summed E-state index contributed by atoms with van der Waals surface area (Å²) in [7, 11) is 0. The predicted octanol–water partition coefficient (Wildman–Crippen LogP) is 2.51. The van der Waals surface area contributed by atoms with Gasteiger partial charge in [0.15, 0.2) is 0 Å². The molecule has 2 rings (SSSR count). The van der Waals surface area contributed by atoms with E-state index >= 15 is 0 Å². The maximum atomic E-state index is 12.3. The van der Waals surface area contributed by atoms with E-state index in [-0.39, 0.29) is 42.5 Å². The number of piperidine rings is 1. The lowest BCUT2D eigenvalue weighted by molar-refractivity contribution is 0.0920. The highest BCUT2D eigenvalue weighted by molar-refractivity contribution is 5.95. The van der Waals surface area contributed by atoms with Crippen molar-refractivity contribution in [2.75, 3.05) is 11.9 Å². The van der Waals surface area contributed by atoms with E-state index in [0.717, 1.165) is 19.4 Å². The van der Waals surface area contributed by atoms with Crippen LogP contribution >= 0.6 is 12.4 Å². The number of carbonyl (C=O) groups excluding carboxylic acids is 2. The van der Waals surface area contributed by atoms with E-state index in [1.165, 1.54) is 0 Å². The van der Waals surface area contributed by atoms with Gasteiger partial charge in [-0.2, -0.15) is 0 Å². The fourth-order valence-electron chi connectivity index (χ4n) is 2.63. The van der Waals surface area contributed by atoms with Crippen LogP contribution in [0.5, 0.6) is 0 Å². The van der Waals surface area contributed by atoms with Gasteiger partial charge in [-0.1, -0.05) is 0 Å². The van der Waals surface area contributed by atoms with Crippen molar-refractivity contribution < 1.29 is 9.59 Å². The van der Waals surface area contributed by atoms with Crippen molar-refractivity contribution in [3.63, 3.8) is 0 Å². The van der Waals surface area contributed by atoms with E-state index < -0.39 is 0 Å². The lowest BCUT2D eigenvalue weighted by Crippen LogP contribution is -2.51. The van der Waals surface area contributed by atoms with E-state index in [9.17, 15) is 9.59 Å². The van der Waals surface area contributed by atoms with Gasteiger partial charge in [0.1, 0.15) is 0 Å². The second kappa shape index (κ2) is 9.49. The van der Waals surface area contributed by atoms with Crippen LogP contribution in [-0.4, -0.2) is 36.6 Å². The molecule has 0 bridgehead atoms. The highest BCUT2D eigenvalue weighted by Gasteiger charge is 2.22. The van der Waals surface area contributed by atoms with Crippen molar-refractivity contribution in [2.45, 2.75) is 51.7 Å². The summed E-state index contributed by atoms with van der Waals surface area (Å²) in [5.74, 6) is -0.0799. The summed E-state index contributed by atoms with van der Waals surface area (Å²) in [5, 5.41) is 11.9. The fourth-order valence-corrected chi connectivity index (χ4v) is 2.63. The van der Waals surface area contributed by atoms with Gasteiger partial charge in [-0.3, -0.25) is 4.79 Å². The molecule has 1 aromatic rings. The molecule has 1 aliphatic rings. The first kappa shape index (κ1) is 20.3. The zero-order chi connectivity index (χ0) is 16.8. The number of rotatable bonds is 4. The van der Waals surface area contributed by atoms with Crippen LogP contribution in [0.25, 0.3) is 0 Å². The molecule has 2 atom stereocenters. The Morgan fingerprint density at radius 1 is 1.21 bits per heavy atom. The van der Waals surface area contributed by atoms with Crippen molar-refractivity contribution >= 4 is 30.0 Å². The predicted molar refractivity (Wildman–Crippen MR) is 98.9 cm³/mol. The molecule has 0 aromatic heterocycles. The molecule has 0 aliphatic carbocycles. The average molecular weight is 355 g/mol. The first-order valence-electron chi connectivity index (χ1n) is 8.17. The van der Waals surface area contributed by atoms with E-state index in [1.807, 2.05) is 13.8 Å². The quantitative estimate of drug-likeness (QED) is 0.670. The Hall–Kier alpha value is -1.79. The second-order valence-electron chi connectivity index (χ2n) is 6.30. The van der Waals surface area contributed by atoms with E-state index in [1.54, 1.807) is 24.3 Å². The van der Waals surface area contributed by atoms with Crippen molar-refractivity contribution in [3.8, 4) is 0 Å². The van der Waals surface area contributed by atoms with Gasteiger partial charge in [0.25, 0.3) is 5.91 Å². The first-order valence-corrected chi connectivity index (χ1v) is 8.17. The molecule has 2 unspecified atom stereocenters. The van der Waals surface area contributed by atoms with Gasteiger partial charge < -0.3 is 21.3 Å². The van der Waals surface area contributed by atoms with Crippen molar-refractivity contribution in [1.82, 2.24) is 16.0 Å². The Balaban J connectivity index is 0.00000288. The number of anilines is 1. The molecule has 7 heteroatoms. The van der Waals surface area contributed by atoms with Crippen molar-refractivity contribution in [3.05, 3.63) is 29.8 Å². The summed E-state index contributed by atoms with van der Waals surface area (Å²) in [6.07, 6.45) is 2.07. The van der Waals surface area contributed by atoms with Gasteiger partial charge >= 0.3 is 6.03 Å². The van der Waals surface area contributed by atoms with Crippen LogP contribution < -0.4 is 21.3 Å². The molecule has 4 N–H and O–H groups in total. The smallest absolute Gasteiger partial charge is 0.319 e. The molecule has 1 aromatic carbocycles. The molecule has 1 saturated heterocycles. The van der Waals surface area contributed by atoms with Gasteiger partial charge in [-0.25, -0.2) is 4.79 Å². The maximum absolute atomic E-state index is 12.3. The standard InChI is InChI=1S/C17H26N4O2.ClH/c1-11(2)19-17(23)20-14-8-6-13(7-9-14)16(22)21-15-5-4-10-18-12(15)3;/h6-9,11-12,15,18H,4-5,10H2,1-3H3,(H,21,22)(H2,19,20,23);1H. The Bertz CT molecular complexity index is 548. The molecule has 134 valence electrons. The summed E-state index contributed by atoms with van der Waals surface area (Å²) in [6.45, 7) is 6.89. The summed E-state index contributed by atoms with van der Waals surface area (Å²) in [5.41, 5.74) is 1.25. The average Bonchev–Trinajstić information content (AvgIpc) is 2.49. The van der Waals surface area contributed by atoms with Gasteiger partial charge in [0.2, 0.25) is 0 Å². The molecule has 0 saturated carbocycles. The third-order valence-electron chi connectivity index (χ3n) is 3.90. The van der Waals surface area contributed by atoms with E-state index in [2.05, 4.69) is 28.2 Å². The summed E-state index contributed by atoms with van der Waals surface area (Å²) >= 11 is 0. The minimum atomic E-state index is -0.251. The van der Waals surface area contributed by atoms with Gasteiger partial charge in [0, 0.05) is 29.4 Å². The van der Waals surface area contributed by atoms with Gasteiger partial charge in [0.05, 0.1) is 0 Å². The summed E-state index contributed by atoms with van der Waals surface area (Å²) in [6, 6.07) is 7.18. The number of urea groups is 1. The van der Waals surface area contributed by atoms with Crippen molar-refractivity contribution in [2.24, 2.45) is 0 Å². The molecule has 3 amide bonds. The Morgan fingerprint density at radius 2 is 1.88 bits per heavy atom. The van der Waals surface area contributed by atoms with Crippen LogP contribution in [0.2, 0.25) is 0 Å². The number of benzene rings is 1. The number of amides is 3. The van der Waals surface area contributed by atoms with E-state index in [0.29, 0.717) is 11.3 Å². The molecule has 6 nitrogen and oxygen atoms in total. The second-order valence-corrected chi connectivity index (χ2v) is 6.30. The van der Waals surface area contributed by atoms with Crippen LogP contribution in [0.1, 0.15) is 44.0 Å². The summed E-state index contributed by atoms with van der Waals surface area (Å²) in [4.78, 5) is 23.9. The van der Waals surface area contributed by atoms with Crippen LogP contribution in [0.15, 0.2) is 24.3 Å². The first-order chi connectivity index (χ1) is 11.0. The third-order valence-corrected chi connectivity index (χ3v) is 3.90. The fraction of sp³-hybridized carbons (Fsp3) is 0.529. The normalized spacial score (nSPS) is 20.0. The van der Waals surface area contributed by atoms with Gasteiger partial charge in [-0.05, 0) is 64.4 Å². The van der Waals surface area contributed by atoms with Crippen LogP contribution in [0.3, 0.4) is 0 Å². The minimum Gasteiger partial charge on any atom is -0.348 e. The molecule has 1 aliphatic heterocycles. The summed E-state index contributed by atoms with van der Waals surface area (Å²) < 4.78 is 0. The van der Waals surface area contributed by atoms with Gasteiger partial charge in [-0.15, -0.1) is 12.4 Å². The lowest BCUT2D eigenvalue weighted by Gasteiger charge is -2.30. The molecule has 1 fully saturated rings.